The zero-order chi connectivity index (χ0) is 21.7. The standard InChI is InChI=1S/C22H18N6O2/c1-15(22(30)27-13-21(29)26-14-27)8-20(18-6-2-4-16(9-18)11-23)28(25)19-7-3-5-17(10-19)12-24/h2-10H,1,13-14,25H2,(H,26,29)/b20-8-. The number of nitrogens with one attached hydrogen (secondary N) is 1. The average molecular weight is 398 g/mol. The second-order valence-corrected chi connectivity index (χ2v) is 6.54. The number of amides is 2. The van der Waals surface area contributed by atoms with E-state index in [1.165, 1.54) is 16.0 Å². The molecule has 2 amide bonds. The van der Waals surface area contributed by atoms with Crippen LogP contribution in [0.3, 0.4) is 0 Å². The Bertz CT molecular complexity index is 1140. The van der Waals surface area contributed by atoms with Crippen LogP contribution in [0.5, 0.6) is 0 Å². The Morgan fingerprint density at radius 3 is 2.47 bits per heavy atom. The van der Waals surface area contributed by atoms with Crippen LogP contribution in [-0.4, -0.2) is 29.9 Å². The van der Waals surface area contributed by atoms with E-state index in [1.54, 1.807) is 48.5 Å². The zero-order valence-electron chi connectivity index (χ0n) is 16.0. The molecule has 0 unspecified atom stereocenters. The number of hydrogen-bond acceptors (Lipinski definition) is 6. The molecule has 1 heterocycles. The molecule has 0 bridgehead atoms. The molecule has 0 spiro atoms. The Labute approximate surface area is 173 Å². The van der Waals surface area contributed by atoms with E-state index in [0.717, 1.165) is 0 Å². The topological polar surface area (TPSA) is 126 Å². The first-order chi connectivity index (χ1) is 14.4. The third-order valence-corrected chi connectivity index (χ3v) is 4.47. The van der Waals surface area contributed by atoms with Crippen molar-refractivity contribution in [1.29, 1.82) is 10.5 Å². The van der Waals surface area contributed by atoms with Crippen LogP contribution in [0.1, 0.15) is 16.7 Å². The number of nitriles is 2. The number of hydrazine groups is 1. The van der Waals surface area contributed by atoms with Crippen LogP contribution in [0.15, 0.2) is 66.8 Å². The summed E-state index contributed by atoms with van der Waals surface area (Å²) < 4.78 is 0. The van der Waals surface area contributed by atoms with Crippen molar-refractivity contribution in [3.8, 4) is 12.1 Å². The largest absolute Gasteiger partial charge is 0.337 e. The first-order valence-electron chi connectivity index (χ1n) is 8.95. The molecule has 3 rings (SSSR count). The van der Waals surface area contributed by atoms with Crippen LogP contribution < -0.4 is 16.2 Å². The SMILES string of the molecule is C=C(/C=C(/c1cccc(C#N)c1)N(N)c1cccc(C#N)c1)C(=O)N1CNC(=O)C1. The first kappa shape index (κ1) is 20.3. The van der Waals surface area contributed by atoms with Crippen molar-refractivity contribution < 1.29 is 9.59 Å². The maximum Gasteiger partial charge on any atom is 0.255 e. The second-order valence-electron chi connectivity index (χ2n) is 6.54. The molecule has 148 valence electrons. The molecule has 1 aliphatic heterocycles. The highest BCUT2D eigenvalue weighted by Gasteiger charge is 2.25. The quantitative estimate of drug-likeness (QED) is 0.341. The van der Waals surface area contributed by atoms with Crippen LogP contribution in [-0.2, 0) is 9.59 Å². The van der Waals surface area contributed by atoms with Crippen molar-refractivity contribution in [3.63, 3.8) is 0 Å². The lowest BCUT2D eigenvalue weighted by molar-refractivity contribution is -0.127. The fraction of sp³-hybridized carbons (Fsp3) is 0.0909. The molecule has 8 heteroatoms. The predicted molar refractivity (Wildman–Crippen MR) is 111 cm³/mol. The summed E-state index contributed by atoms with van der Waals surface area (Å²) in [6.45, 7) is 3.91. The molecule has 1 saturated heterocycles. The Kier molecular flexibility index (Phi) is 5.92. The minimum Gasteiger partial charge on any atom is -0.337 e. The Morgan fingerprint density at radius 2 is 1.83 bits per heavy atom. The molecular weight excluding hydrogens is 380 g/mol. The summed E-state index contributed by atoms with van der Waals surface area (Å²) >= 11 is 0. The van der Waals surface area contributed by atoms with E-state index in [0.29, 0.717) is 28.1 Å². The lowest BCUT2D eigenvalue weighted by atomic mass is 10.0. The van der Waals surface area contributed by atoms with Crippen LogP contribution in [0.25, 0.3) is 5.70 Å². The van der Waals surface area contributed by atoms with E-state index in [1.807, 2.05) is 0 Å². The fourth-order valence-electron chi connectivity index (χ4n) is 2.95. The molecule has 0 radical (unpaired) electrons. The molecule has 30 heavy (non-hydrogen) atoms. The lowest BCUT2D eigenvalue weighted by Crippen LogP contribution is -2.32. The average Bonchev–Trinajstić information content (AvgIpc) is 3.22. The van der Waals surface area contributed by atoms with Gasteiger partial charge in [-0.25, -0.2) is 5.84 Å². The highest BCUT2D eigenvalue weighted by Crippen LogP contribution is 2.26. The van der Waals surface area contributed by atoms with Crippen LogP contribution in [0.2, 0.25) is 0 Å². The van der Waals surface area contributed by atoms with E-state index in [2.05, 4.69) is 24.0 Å². The van der Waals surface area contributed by atoms with E-state index in [9.17, 15) is 20.1 Å². The van der Waals surface area contributed by atoms with Crippen molar-refractivity contribution >= 4 is 23.2 Å². The molecule has 1 aliphatic rings. The van der Waals surface area contributed by atoms with Gasteiger partial charge >= 0.3 is 0 Å². The maximum absolute atomic E-state index is 12.7. The molecule has 0 aromatic heterocycles. The second kappa shape index (κ2) is 8.74. The molecule has 8 nitrogen and oxygen atoms in total. The van der Waals surface area contributed by atoms with Gasteiger partial charge in [0.2, 0.25) is 5.91 Å². The molecular formula is C22H18N6O2. The Balaban J connectivity index is 2.02. The van der Waals surface area contributed by atoms with Gasteiger partial charge in [0.25, 0.3) is 5.91 Å². The number of nitrogens with zero attached hydrogens (tertiary/aromatic N) is 4. The first-order valence-corrected chi connectivity index (χ1v) is 8.95. The number of hydrogen-bond donors (Lipinski definition) is 2. The number of carbonyl (C=O) groups is 2. The van der Waals surface area contributed by atoms with Crippen molar-refractivity contribution in [2.45, 2.75) is 0 Å². The van der Waals surface area contributed by atoms with Gasteiger partial charge in [0.05, 0.1) is 41.3 Å². The number of benzene rings is 2. The summed E-state index contributed by atoms with van der Waals surface area (Å²) in [6.07, 6.45) is 1.50. The summed E-state index contributed by atoms with van der Waals surface area (Å²) in [5.74, 6) is 5.70. The molecule has 2 aromatic carbocycles. The third kappa shape index (κ3) is 4.36. The number of rotatable bonds is 5. The summed E-state index contributed by atoms with van der Waals surface area (Å²) in [5, 5.41) is 22.3. The van der Waals surface area contributed by atoms with Gasteiger partial charge in [0.1, 0.15) is 6.54 Å². The Hall–Kier alpha value is -4.40. The summed E-state index contributed by atoms with van der Waals surface area (Å²) in [4.78, 5) is 25.4. The van der Waals surface area contributed by atoms with Gasteiger partial charge in [0.15, 0.2) is 0 Å². The molecule has 2 aromatic rings. The summed E-state index contributed by atoms with van der Waals surface area (Å²) in [7, 11) is 0. The molecule has 0 saturated carbocycles. The van der Waals surface area contributed by atoms with Gasteiger partial charge in [-0.05, 0) is 36.4 Å². The fourth-order valence-corrected chi connectivity index (χ4v) is 2.95. The number of anilines is 1. The maximum atomic E-state index is 12.7. The highest BCUT2D eigenvalue weighted by molar-refractivity contribution is 6.01. The van der Waals surface area contributed by atoms with Gasteiger partial charge in [-0.3, -0.25) is 14.6 Å². The number of nitrogens with two attached hydrogens (primary N) is 1. The normalized spacial score (nSPS) is 13.2. The van der Waals surface area contributed by atoms with Gasteiger partial charge in [-0.1, -0.05) is 24.8 Å². The lowest BCUT2D eigenvalue weighted by Gasteiger charge is -2.24. The summed E-state index contributed by atoms with van der Waals surface area (Å²) in [6, 6.07) is 17.5. The monoisotopic (exact) mass is 398 g/mol. The van der Waals surface area contributed by atoms with Gasteiger partial charge in [-0.15, -0.1) is 0 Å². The van der Waals surface area contributed by atoms with E-state index < -0.39 is 5.91 Å². The molecule has 0 atom stereocenters. The van der Waals surface area contributed by atoms with Crippen LogP contribution in [0, 0.1) is 22.7 Å². The molecule has 3 N–H and O–H groups in total. The van der Waals surface area contributed by atoms with E-state index in [4.69, 9.17) is 5.84 Å². The van der Waals surface area contributed by atoms with Crippen molar-refractivity contribution in [2.24, 2.45) is 5.84 Å². The Morgan fingerprint density at radius 1 is 1.17 bits per heavy atom. The van der Waals surface area contributed by atoms with Gasteiger partial charge in [-0.2, -0.15) is 10.5 Å². The van der Waals surface area contributed by atoms with E-state index in [-0.39, 0.29) is 24.7 Å². The third-order valence-electron chi connectivity index (χ3n) is 4.47. The van der Waals surface area contributed by atoms with Gasteiger partial charge < -0.3 is 10.2 Å². The minimum absolute atomic E-state index is 0.0402. The highest BCUT2D eigenvalue weighted by atomic mass is 16.2. The van der Waals surface area contributed by atoms with Crippen LogP contribution in [0.4, 0.5) is 5.69 Å². The molecule has 1 fully saturated rings. The van der Waals surface area contributed by atoms with Gasteiger partial charge in [0, 0.05) is 11.1 Å². The summed E-state index contributed by atoms with van der Waals surface area (Å²) in [5.41, 5.74) is 2.47. The van der Waals surface area contributed by atoms with Crippen molar-refractivity contribution in [2.75, 3.05) is 18.2 Å². The van der Waals surface area contributed by atoms with E-state index >= 15 is 0 Å². The van der Waals surface area contributed by atoms with Crippen molar-refractivity contribution in [1.82, 2.24) is 10.2 Å². The smallest absolute Gasteiger partial charge is 0.255 e. The minimum atomic E-state index is -0.415. The molecule has 0 aliphatic carbocycles. The number of carbonyl (C=O) groups excluding carboxylic acids is 2. The zero-order valence-corrected chi connectivity index (χ0v) is 16.0. The van der Waals surface area contributed by atoms with Crippen molar-refractivity contribution in [3.05, 3.63) is 83.4 Å². The predicted octanol–water partition coefficient (Wildman–Crippen LogP) is 1.62. The van der Waals surface area contributed by atoms with Crippen LogP contribution >= 0.6 is 0 Å².